The van der Waals surface area contributed by atoms with Crippen LogP contribution in [0.1, 0.15) is 18.5 Å². The lowest BCUT2D eigenvalue weighted by Crippen LogP contribution is -2.19. The zero-order valence-corrected chi connectivity index (χ0v) is 12.9. The van der Waals surface area contributed by atoms with Gasteiger partial charge in [-0.2, -0.15) is 0 Å². The second kappa shape index (κ2) is 7.15. The van der Waals surface area contributed by atoms with Crippen molar-refractivity contribution in [2.24, 2.45) is 5.73 Å². The molecule has 0 aromatic heterocycles. The fraction of sp³-hybridized carbons (Fsp3) is 0.188. The van der Waals surface area contributed by atoms with Crippen LogP contribution in [0, 0.1) is 0 Å². The van der Waals surface area contributed by atoms with Crippen LogP contribution >= 0.6 is 11.8 Å². The number of nitrogens with two attached hydrogens (primary N) is 1. The van der Waals surface area contributed by atoms with Gasteiger partial charge in [0.05, 0.1) is 0 Å². The first-order valence-electron chi connectivity index (χ1n) is 6.66. The van der Waals surface area contributed by atoms with E-state index in [0.717, 1.165) is 21.8 Å². The van der Waals surface area contributed by atoms with Crippen molar-refractivity contribution in [2.45, 2.75) is 17.9 Å². The number of rotatable bonds is 4. The van der Waals surface area contributed by atoms with Crippen molar-refractivity contribution in [3.8, 4) is 0 Å². The summed E-state index contributed by atoms with van der Waals surface area (Å²) >= 11 is 1.63. The monoisotopic (exact) mass is 301 g/mol. The van der Waals surface area contributed by atoms with Gasteiger partial charge in [-0.15, -0.1) is 11.8 Å². The fourth-order valence-corrected chi connectivity index (χ4v) is 2.32. The molecule has 4 nitrogen and oxygen atoms in total. The summed E-state index contributed by atoms with van der Waals surface area (Å²) in [7, 11) is 0. The second-order valence-electron chi connectivity index (χ2n) is 4.72. The topological polar surface area (TPSA) is 67.2 Å². The molecule has 0 spiro atoms. The summed E-state index contributed by atoms with van der Waals surface area (Å²) in [5, 5.41) is 5.61. The minimum absolute atomic E-state index is 0.0119. The van der Waals surface area contributed by atoms with Gasteiger partial charge in [0.1, 0.15) is 0 Å². The van der Waals surface area contributed by atoms with Crippen LogP contribution in [-0.4, -0.2) is 12.3 Å². The molecule has 2 aromatic rings. The number of nitrogens with one attached hydrogen (secondary N) is 2. The Hall–Kier alpha value is -1.98. The average Bonchev–Trinajstić information content (AvgIpc) is 2.47. The Morgan fingerprint density at radius 2 is 1.76 bits per heavy atom. The number of anilines is 2. The molecular formula is C16H19N3OS. The largest absolute Gasteiger partial charge is 0.324 e. The highest BCUT2D eigenvalue weighted by Crippen LogP contribution is 2.19. The molecule has 5 heteroatoms. The number of benzene rings is 2. The first-order valence-corrected chi connectivity index (χ1v) is 7.88. The predicted octanol–water partition coefficient (Wildman–Crippen LogP) is 4.07. The van der Waals surface area contributed by atoms with Crippen molar-refractivity contribution in [1.82, 2.24) is 0 Å². The number of carbonyl (C=O) groups excluding carboxylic acids is 1. The average molecular weight is 301 g/mol. The van der Waals surface area contributed by atoms with E-state index in [1.54, 1.807) is 11.8 Å². The van der Waals surface area contributed by atoms with Gasteiger partial charge in [0.25, 0.3) is 0 Å². The lowest BCUT2D eigenvalue weighted by atomic mass is 10.1. The van der Waals surface area contributed by atoms with Gasteiger partial charge in [-0.05, 0) is 49.1 Å². The van der Waals surface area contributed by atoms with Crippen molar-refractivity contribution in [2.75, 3.05) is 16.9 Å². The van der Waals surface area contributed by atoms with E-state index >= 15 is 0 Å². The van der Waals surface area contributed by atoms with Crippen LogP contribution in [0.4, 0.5) is 16.2 Å². The normalized spacial score (nSPS) is 11.8. The van der Waals surface area contributed by atoms with Crippen LogP contribution in [0.3, 0.4) is 0 Å². The van der Waals surface area contributed by atoms with Crippen LogP contribution in [0.25, 0.3) is 0 Å². The number of hydrogen-bond donors (Lipinski definition) is 3. The van der Waals surface area contributed by atoms with E-state index < -0.39 is 0 Å². The van der Waals surface area contributed by atoms with Gasteiger partial charge < -0.3 is 16.4 Å². The second-order valence-corrected chi connectivity index (χ2v) is 5.60. The maximum atomic E-state index is 11.9. The summed E-state index contributed by atoms with van der Waals surface area (Å²) in [5.41, 5.74) is 8.33. The van der Waals surface area contributed by atoms with E-state index in [1.165, 1.54) is 0 Å². The molecule has 0 heterocycles. The Balaban J connectivity index is 1.97. The Morgan fingerprint density at radius 3 is 2.38 bits per heavy atom. The highest BCUT2D eigenvalue weighted by atomic mass is 32.2. The summed E-state index contributed by atoms with van der Waals surface area (Å²) in [4.78, 5) is 13.1. The summed E-state index contributed by atoms with van der Waals surface area (Å²) in [6, 6.07) is 14.9. The van der Waals surface area contributed by atoms with Gasteiger partial charge in [0, 0.05) is 22.3 Å². The maximum Gasteiger partial charge on any atom is 0.323 e. The Labute approximate surface area is 129 Å². The van der Waals surface area contributed by atoms with Crippen LogP contribution < -0.4 is 16.4 Å². The van der Waals surface area contributed by atoms with Crippen molar-refractivity contribution >= 4 is 29.2 Å². The van der Waals surface area contributed by atoms with Gasteiger partial charge in [-0.25, -0.2) is 4.79 Å². The summed E-state index contributed by atoms with van der Waals surface area (Å²) in [6.45, 7) is 1.92. The van der Waals surface area contributed by atoms with Crippen LogP contribution in [0.15, 0.2) is 53.4 Å². The molecule has 2 rings (SSSR count). The van der Waals surface area contributed by atoms with Crippen LogP contribution in [0.2, 0.25) is 0 Å². The lowest BCUT2D eigenvalue weighted by Gasteiger charge is -2.10. The number of carbonyl (C=O) groups is 1. The zero-order valence-electron chi connectivity index (χ0n) is 12.1. The van der Waals surface area contributed by atoms with Gasteiger partial charge in [-0.3, -0.25) is 0 Å². The molecule has 0 saturated carbocycles. The van der Waals surface area contributed by atoms with Crippen LogP contribution in [-0.2, 0) is 0 Å². The molecule has 0 aliphatic rings. The smallest absolute Gasteiger partial charge is 0.323 e. The minimum atomic E-state index is -0.262. The molecule has 0 radical (unpaired) electrons. The third-order valence-corrected chi connectivity index (χ3v) is 3.75. The minimum Gasteiger partial charge on any atom is -0.324 e. The van der Waals surface area contributed by atoms with E-state index in [4.69, 9.17) is 5.73 Å². The Morgan fingerprint density at radius 1 is 1.10 bits per heavy atom. The lowest BCUT2D eigenvalue weighted by molar-refractivity contribution is 0.262. The molecule has 2 amide bonds. The number of amides is 2. The maximum absolute atomic E-state index is 11.9. The summed E-state index contributed by atoms with van der Waals surface area (Å²) < 4.78 is 0. The quantitative estimate of drug-likeness (QED) is 0.746. The van der Waals surface area contributed by atoms with E-state index in [-0.39, 0.29) is 12.1 Å². The van der Waals surface area contributed by atoms with Gasteiger partial charge in [0.15, 0.2) is 0 Å². The molecule has 21 heavy (non-hydrogen) atoms. The summed E-state index contributed by atoms with van der Waals surface area (Å²) in [5.74, 6) is 0. The van der Waals surface area contributed by atoms with Gasteiger partial charge in [0.2, 0.25) is 0 Å². The molecule has 1 unspecified atom stereocenters. The Kier molecular flexibility index (Phi) is 5.25. The number of urea groups is 1. The molecule has 0 saturated heterocycles. The standard InChI is InChI=1S/C16H19N3OS/c1-11(17)12-6-8-13(9-7-12)18-16(20)19-14-4-3-5-15(10-14)21-2/h3-11H,17H2,1-2H3,(H2,18,19,20). The van der Waals surface area contributed by atoms with Gasteiger partial charge in [-0.1, -0.05) is 18.2 Å². The summed E-state index contributed by atoms with van der Waals surface area (Å²) in [6.07, 6.45) is 2.00. The zero-order chi connectivity index (χ0) is 15.2. The van der Waals surface area contributed by atoms with Crippen molar-refractivity contribution in [3.63, 3.8) is 0 Å². The molecule has 4 N–H and O–H groups in total. The van der Waals surface area contributed by atoms with E-state index in [1.807, 2.05) is 61.7 Å². The molecule has 0 fully saturated rings. The third-order valence-electron chi connectivity index (χ3n) is 3.02. The molecule has 2 aromatic carbocycles. The van der Waals surface area contributed by atoms with Crippen molar-refractivity contribution in [1.29, 1.82) is 0 Å². The fourth-order valence-electron chi connectivity index (χ4n) is 1.86. The van der Waals surface area contributed by atoms with Crippen molar-refractivity contribution < 1.29 is 4.79 Å². The Bertz CT molecular complexity index is 611. The van der Waals surface area contributed by atoms with Crippen LogP contribution in [0.5, 0.6) is 0 Å². The number of hydrogen-bond acceptors (Lipinski definition) is 3. The van der Waals surface area contributed by atoms with E-state index in [0.29, 0.717) is 0 Å². The highest BCUT2D eigenvalue weighted by molar-refractivity contribution is 7.98. The molecule has 0 aliphatic carbocycles. The highest BCUT2D eigenvalue weighted by Gasteiger charge is 2.04. The predicted molar refractivity (Wildman–Crippen MR) is 89.9 cm³/mol. The molecule has 0 aliphatic heterocycles. The van der Waals surface area contributed by atoms with E-state index in [2.05, 4.69) is 10.6 Å². The first-order chi connectivity index (χ1) is 10.1. The first kappa shape index (κ1) is 15.4. The molecule has 1 atom stereocenters. The molecular weight excluding hydrogens is 282 g/mol. The SMILES string of the molecule is CSc1cccc(NC(=O)Nc2ccc(C(C)N)cc2)c1. The van der Waals surface area contributed by atoms with E-state index in [9.17, 15) is 4.79 Å². The van der Waals surface area contributed by atoms with Crippen molar-refractivity contribution in [3.05, 3.63) is 54.1 Å². The molecule has 0 bridgehead atoms. The van der Waals surface area contributed by atoms with Gasteiger partial charge >= 0.3 is 6.03 Å². The third kappa shape index (κ3) is 4.51. The number of thioether (sulfide) groups is 1. The molecule has 110 valence electrons.